The monoisotopic (exact) mass is 533 g/mol. The van der Waals surface area contributed by atoms with Crippen LogP contribution in [0.1, 0.15) is 40.5 Å². The van der Waals surface area contributed by atoms with Crippen molar-refractivity contribution in [1.29, 1.82) is 0 Å². The van der Waals surface area contributed by atoms with E-state index in [0.29, 0.717) is 46.2 Å². The summed E-state index contributed by atoms with van der Waals surface area (Å²) in [6, 6.07) is 12.1. The largest absolute Gasteiger partial charge is 0.490 e. The molecule has 1 heterocycles. The van der Waals surface area contributed by atoms with Gasteiger partial charge >= 0.3 is 0 Å². The first-order valence-corrected chi connectivity index (χ1v) is 12.0. The molecular formula is C24H28BrN3O4S. The molecule has 2 amide bonds. The van der Waals surface area contributed by atoms with Crippen molar-refractivity contribution < 1.29 is 19.1 Å². The van der Waals surface area contributed by atoms with E-state index in [0.717, 1.165) is 25.9 Å². The summed E-state index contributed by atoms with van der Waals surface area (Å²) in [5, 5.41) is 5.81. The topological polar surface area (TPSA) is 79.9 Å². The Morgan fingerprint density at radius 2 is 1.76 bits per heavy atom. The molecule has 2 N–H and O–H groups in total. The Hall–Kier alpha value is -2.49. The van der Waals surface area contributed by atoms with Gasteiger partial charge in [-0.15, -0.1) is 0 Å². The van der Waals surface area contributed by atoms with Gasteiger partial charge in [0.15, 0.2) is 5.11 Å². The molecule has 1 saturated heterocycles. The number of benzene rings is 2. The molecule has 0 spiro atoms. The minimum absolute atomic E-state index is 0.0459. The summed E-state index contributed by atoms with van der Waals surface area (Å²) in [6.45, 7) is 4.70. The fraction of sp³-hybridized carbons (Fsp3) is 0.375. The highest BCUT2D eigenvalue weighted by Crippen LogP contribution is 2.26. The Balaban J connectivity index is 1.52. The highest BCUT2D eigenvalue weighted by atomic mass is 79.9. The summed E-state index contributed by atoms with van der Waals surface area (Å²) < 4.78 is 11.2. The Morgan fingerprint density at radius 3 is 2.39 bits per heavy atom. The second-order valence-corrected chi connectivity index (χ2v) is 9.21. The number of hydrogen-bond donors (Lipinski definition) is 2. The van der Waals surface area contributed by atoms with E-state index in [1.807, 2.05) is 4.90 Å². The summed E-state index contributed by atoms with van der Waals surface area (Å²) in [5.74, 6) is 0.996. The molecule has 1 aliphatic heterocycles. The molecule has 0 unspecified atom stereocenters. The van der Waals surface area contributed by atoms with Crippen molar-refractivity contribution in [3.05, 3.63) is 58.1 Å². The first-order valence-electron chi connectivity index (χ1n) is 10.8. The average molecular weight is 534 g/mol. The Bertz CT molecular complexity index is 992. The lowest BCUT2D eigenvalue weighted by Crippen LogP contribution is -2.37. The minimum atomic E-state index is -0.345. The maximum absolute atomic E-state index is 12.7. The molecule has 1 aliphatic rings. The van der Waals surface area contributed by atoms with Gasteiger partial charge in [-0.1, -0.05) is 6.92 Å². The van der Waals surface area contributed by atoms with Gasteiger partial charge in [-0.25, -0.2) is 0 Å². The maximum atomic E-state index is 12.7. The van der Waals surface area contributed by atoms with Gasteiger partial charge in [0, 0.05) is 37.0 Å². The molecule has 7 nitrogen and oxygen atoms in total. The molecule has 1 fully saturated rings. The predicted molar refractivity (Wildman–Crippen MR) is 136 cm³/mol. The lowest BCUT2D eigenvalue weighted by molar-refractivity contribution is 0.0697. The van der Waals surface area contributed by atoms with Gasteiger partial charge in [-0.2, -0.15) is 0 Å². The number of nitrogens with zero attached hydrogens (tertiary/aromatic N) is 1. The molecule has 0 saturated carbocycles. The molecule has 33 heavy (non-hydrogen) atoms. The normalized spacial score (nSPS) is 14.0. The van der Waals surface area contributed by atoms with Gasteiger partial charge in [-0.3, -0.25) is 14.9 Å². The van der Waals surface area contributed by atoms with E-state index in [2.05, 4.69) is 33.5 Å². The number of carbonyl (C=O) groups excluding carboxylic acids is 2. The van der Waals surface area contributed by atoms with Gasteiger partial charge < -0.3 is 19.7 Å². The number of anilines is 1. The van der Waals surface area contributed by atoms with Gasteiger partial charge in [0.2, 0.25) is 0 Å². The van der Waals surface area contributed by atoms with Crippen molar-refractivity contribution in [3.8, 4) is 5.75 Å². The van der Waals surface area contributed by atoms with Crippen molar-refractivity contribution in [3.63, 3.8) is 0 Å². The molecule has 2 aromatic carbocycles. The molecule has 9 heteroatoms. The van der Waals surface area contributed by atoms with Crippen molar-refractivity contribution in [2.45, 2.75) is 19.8 Å². The number of carbonyl (C=O) groups is 2. The molecule has 0 bridgehead atoms. The van der Waals surface area contributed by atoms with E-state index in [4.69, 9.17) is 21.7 Å². The van der Waals surface area contributed by atoms with Crippen LogP contribution in [0.5, 0.6) is 5.75 Å². The van der Waals surface area contributed by atoms with Crippen molar-refractivity contribution in [1.82, 2.24) is 10.2 Å². The third kappa shape index (κ3) is 7.25. The van der Waals surface area contributed by atoms with Crippen LogP contribution in [0.25, 0.3) is 0 Å². The number of piperidine rings is 1. The highest BCUT2D eigenvalue weighted by Gasteiger charge is 2.21. The molecule has 0 atom stereocenters. The third-order valence-corrected chi connectivity index (χ3v) is 6.25. The van der Waals surface area contributed by atoms with Crippen LogP contribution in [0, 0.1) is 5.92 Å². The summed E-state index contributed by atoms with van der Waals surface area (Å²) >= 11 is 8.68. The number of ether oxygens (including phenoxy) is 2. The number of rotatable bonds is 7. The minimum Gasteiger partial charge on any atom is -0.490 e. The van der Waals surface area contributed by atoms with E-state index in [-0.39, 0.29) is 16.9 Å². The molecule has 176 valence electrons. The summed E-state index contributed by atoms with van der Waals surface area (Å²) in [5.41, 5.74) is 1.76. The number of likely N-dealkylation sites (tertiary alicyclic amines) is 1. The van der Waals surface area contributed by atoms with E-state index < -0.39 is 0 Å². The Labute approximate surface area is 207 Å². The van der Waals surface area contributed by atoms with Crippen molar-refractivity contribution in [2.24, 2.45) is 5.92 Å². The second-order valence-electron chi connectivity index (χ2n) is 7.95. The first kappa shape index (κ1) is 25.1. The first-order chi connectivity index (χ1) is 15.9. The average Bonchev–Trinajstić information content (AvgIpc) is 2.80. The maximum Gasteiger partial charge on any atom is 0.257 e. The Morgan fingerprint density at radius 1 is 1.09 bits per heavy atom. The van der Waals surface area contributed by atoms with Crippen LogP contribution >= 0.6 is 28.1 Å². The molecule has 3 rings (SSSR count). The van der Waals surface area contributed by atoms with Crippen LogP contribution in [0.2, 0.25) is 0 Å². The Kier molecular flexibility index (Phi) is 9.22. The zero-order valence-corrected chi connectivity index (χ0v) is 21.1. The number of nitrogens with one attached hydrogen (secondary N) is 2. The summed E-state index contributed by atoms with van der Waals surface area (Å²) in [4.78, 5) is 27.1. The fourth-order valence-corrected chi connectivity index (χ4v) is 4.13. The van der Waals surface area contributed by atoms with E-state index in [9.17, 15) is 9.59 Å². The highest BCUT2D eigenvalue weighted by molar-refractivity contribution is 9.10. The number of methoxy groups -OCH3 is 1. The molecule has 2 aromatic rings. The quantitative estimate of drug-likeness (QED) is 0.403. The van der Waals surface area contributed by atoms with Crippen molar-refractivity contribution in [2.75, 3.05) is 38.7 Å². The molecule has 0 radical (unpaired) electrons. The number of thiocarbonyl (C=S) groups is 1. The summed E-state index contributed by atoms with van der Waals surface area (Å²) in [7, 11) is 1.60. The number of hydrogen-bond acceptors (Lipinski definition) is 5. The zero-order chi connectivity index (χ0) is 23.8. The van der Waals surface area contributed by atoms with Gasteiger partial charge in [0.1, 0.15) is 12.4 Å². The predicted octanol–water partition coefficient (Wildman–Crippen LogP) is 4.47. The molecular weight excluding hydrogens is 506 g/mol. The number of amides is 2. The fourth-order valence-electron chi connectivity index (χ4n) is 3.42. The second kappa shape index (κ2) is 12.1. The number of halogens is 1. The molecule has 0 aliphatic carbocycles. The third-order valence-electron chi connectivity index (χ3n) is 5.43. The van der Waals surface area contributed by atoms with Crippen molar-refractivity contribution >= 4 is 50.8 Å². The lowest BCUT2D eigenvalue weighted by Gasteiger charge is -2.30. The van der Waals surface area contributed by atoms with Gasteiger partial charge in [0.05, 0.1) is 11.1 Å². The van der Waals surface area contributed by atoms with E-state index >= 15 is 0 Å². The van der Waals surface area contributed by atoms with E-state index in [1.54, 1.807) is 49.6 Å². The van der Waals surface area contributed by atoms with Crippen LogP contribution in [0.3, 0.4) is 0 Å². The smallest absolute Gasteiger partial charge is 0.257 e. The van der Waals surface area contributed by atoms with Crippen LogP contribution < -0.4 is 15.4 Å². The summed E-state index contributed by atoms with van der Waals surface area (Å²) in [6.07, 6.45) is 2.08. The lowest BCUT2D eigenvalue weighted by atomic mass is 9.98. The molecule has 0 aromatic heterocycles. The van der Waals surface area contributed by atoms with Crippen LogP contribution in [0.15, 0.2) is 46.9 Å². The van der Waals surface area contributed by atoms with Crippen LogP contribution in [-0.2, 0) is 4.74 Å². The van der Waals surface area contributed by atoms with Crippen LogP contribution in [-0.4, -0.2) is 55.2 Å². The standard InChI is InChI=1S/C24H28BrN3O4S/c1-16-9-11-28(12-10-16)23(30)17-3-6-19(7-4-17)26-24(33)27-22(29)18-5-8-21(20(25)15-18)32-14-13-31-2/h3-8,15-16H,9-14H2,1-2H3,(H2,26,27,29,33). The van der Waals surface area contributed by atoms with Crippen LogP contribution in [0.4, 0.5) is 5.69 Å². The zero-order valence-electron chi connectivity index (χ0n) is 18.7. The van der Waals surface area contributed by atoms with Gasteiger partial charge in [0.25, 0.3) is 11.8 Å². The van der Waals surface area contributed by atoms with Gasteiger partial charge in [-0.05, 0) is 89.4 Å². The van der Waals surface area contributed by atoms with E-state index in [1.165, 1.54) is 0 Å². The SMILES string of the molecule is COCCOc1ccc(C(=O)NC(=S)Nc2ccc(C(=O)N3CCC(C)CC3)cc2)cc1Br.